The van der Waals surface area contributed by atoms with Gasteiger partial charge in [-0.1, -0.05) is 0 Å². The summed E-state index contributed by atoms with van der Waals surface area (Å²) >= 11 is 1.86. The van der Waals surface area contributed by atoms with Gasteiger partial charge in [0.15, 0.2) is 0 Å². The maximum Gasteiger partial charge on any atom is 0.314 e. The molecule has 4 N–H and O–H groups in total. The number of rotatable bonds is 7. The van der Waals surface area contributed by atoms with Gasteiger partial charge in [0.05, 0.1) is 0 Å². The van der Waals surface area contributed by atoms with Crippen molar-refractivity contribution in [3.8, 4) is 0 Å². The highest BCUT2D eigenvalue weighted by Crippen LogP contribution is 2.10. The number of carbonyl (C=O) groups is 1. The molecule has 6 heteroatoms. The molecule has 1 fully saturated rings. The Morgan fingerprint density at radius 3 is 2.71 bits per heavy atom. The standard InChI is InChI=1S/C11H23N3O2S/c12-11(16)14-5-2-10(3-6-14)13-4-9-17-8-1-7-15/h10,13,15H,1-9H2,(H2,12,16). The first-order valence-electron chi connectivity index (χ1n) is 6.20. The summed E-state index contributed by atoms with van der Waals surface area (Å²) in [5.74, 6) is 2.11. The van der Waals surface area contributed by atoms with Crippen LogP contribution >= 0.6 is 11.8 Å². The van der Waals surface area contributed by atoms with Crippen LogP contribution in [0.3, 0.4) is 0 Å². The third kappa shape index (κ3) is 6.14. The zero-order valence-corrected chi connectivity index (χ0v) is 11.0. The van der Waals surface area contributed by atoms with Crippen LogP contribution in [0.25, 0.3) is 0 Å². The summed E-state index contributed by atoms with van der Waals surface area (Å²) < 4.78 is 0. The zero-order chi connectivity index (χ0) is 12.5. The number of piperidine rings is 1. The summed E-state index contributed by atoms with van der Waals surface area (Å²) in [5.41, 5.74) is 5.22. The number of hydrogen-bond acceptors (Lipinski definition) is 4. The Morgan fingerprint density at radius 2 is 2.12 bits per heavy atom. The second kappa shape index (κ2) is 8.60. The molecule has 5 nitrogen and oxygen atoms in total. The lowest BCUT2D eigenvalue weighted by Gasteiger charge is -2.31. The third-order valence-corrected chi connectivity index (χ3v) is 4.00. The van der Waals surface area contributed by atoms with Crippen molar-refractivity contribution in [2.24, 2.45) is 5.73 Å². The Morgan fingerprint density at radius 1 is 1.41 bits per heavy atom. The van der Waals surface area contributed by atoms with E-state index in [0.29, 0.717) is 6.04 Å². The number of nitrogens with zero attached hydrogens (tertiary/aromatic N) is 1. The Kier molecular flexibility index (Phi) is 7.39. The van der Waals surface area contributed by atoms with E-state index in [4.69, 9.17) is 10.8 Å². The highest BCUT2D eigenvalue weighted by atomic mass is 32.2. The summed E-state index contributed by atoms with van der Waals surface area (Å²) in [6.07, 6.45) is 2.86. The van der Waals surface area contributed by atoms with Crippen LogP contribution in [-0.2, 0) is 0 Å². The Bertz CT molecular complexity index is 221. The highest BCUT2D eigenvalue weighted by molar-refractivity contribution is 7.99. The molecule has 1 saturated heterocycles. The Hall–Kier alpha value is -0.460. The van der Waals surface area contributed by atoms with Crippen LogP contribution in [0, 0.1) is 0 Å². The maximum atomic E-state index is 10.9. The molecule has 0 unspecified atom stereocenters. The molecule has 2 amide bonds. The van der Waals surface area contributed by atoms with Gasteiger partial charge in [-0.3, -0.25) is 0 Å². The van der Waals surface area contributed by atoms with Gasteiger partial charge in [0.2, 0.25) is 0 Å². The van der Waals surface area contributed by atoms with E-state index in [2.05, 4.69) is 5.32 Å². The van der Waals surface area contributed by atoms with Crippen molar-refractivity contribution in [2.45, 2.75) is 25.3 Å². The van der Waals surface area contributed by atoms with Crippen LogP contribution in [0.2, 0.25) is 0 Å². The number of aliphatic hydroxyl groups is 1. The minimum Gasteiger partial charge on any atom is -0.396 e. The fourth-order valence-corrected chi connectivity index (χ4v) is 2.71. The fraction of sp³-hybridized carbons (Fsp3) is 0.909. The summed E-state index contributed by atoms with van der Waals surface area (Å²) in [7, 11) is 0. The number of hydrogen-bond donors (Lipinski definition) is 3. The number of carbonyl (C=O) groups excluding carboxylic acids is 1. The lowest BCUT2D eigenvalue weighted by molar-refractivity contribution is 0.186. The summed E-state index contributed by atoms with van der Waals surface area (Å²) in [4.78, 5) is 12.6. The van der Waals surface area contributed by atoms with Gasteiger partial charge in [-0.2, -0.15) is 11.8 Å². The molecule has 0 aromatic heterocycles. The van der Waals surface area contributed by atoms with Gasteiger partial charge in [0, 0.05) is 38.0 Å². The molecule has 0 radical (unpaired) electrons. The zero-order valence-electron chi connectivity index (χ0n) is 10.2. The largest absolute Gasteiger partial charge is 0.396 e. The van der Waals surface area contributed by atoms with Gasteiger partial charge in [-0.25, -0.2) is 4.79 Å². The van der Waals surface area contributed by atoms with Crippen LogP contribution < -0.4 is 11.1 Å². The van der Waals surface area contributed by atoms with Gasteiger partial charge in [-0.15, -0.1) is 0 Å². The van der Waals surface area contributed by atoms with Crippen molar-refractivity contribution in [3.63, 3.8) is 0 Å². The number of urea groups is 1. The summed E-state index contributed by atoms with van der Waals surface area (Å²) in [5, 5.41) is 12.1. The summed E-state index contributed by atoms with van der Waals surface area (Å²) in [6, 6.07) is 0.215. The van der Waals surface area contributed by atoms with Gasteiger partial charge in [0.25, 0.3) is 0 Å². The molecule has 1 aliphatic rings. The fourth-order valence-electron chi connectivity index (χ4n) is 1.91. The smallest absolute Gasteiger partial charge is 0.314 e. The molecule has 17 heavy (non-hydrogen) atoms. The van der Waals surface area contributed by atoms with E-state index in [0.717, 1.165) is 50.4 Å². The lowest BCUT2D eigenvalue weighted by atomic mass is 10.1. The van der Waals surface area contributed by atoms with Crippen LogP contribution in [0.15, 0.2) is 0 Å². The van der Waals surface area contributed by atoms with Crippen molar-refractivity contribution in [1.82, 2.24) is 10.2 Å². The topological polar surface area (TPSA) is 78.6 Å². The van der Waals surface area contributed by atoms with Crippen molar-refractivity contribution in [1.29, 1.82) is 0 Å². The summed E-state index contributed by atoms with van der Waals surface area (Å²) in [6.45, 7) is 2.82. The first-order chi connectivity index (χ1) is 8.24. The second-order valence-corrected chi connectivity index (χ2v) is 5.47. The Labute approximate surface area is 107 Å². The van der Waals surface area contributed by atoms with E-state index < -0.39 is 0 Å². The van der Waals surface area contributed by atoms with E-state index in [9.17, 15) is 4.79 Å². The molecule has 0 aromatic carbocycles. The molecule has 1 rings (SSSR count). The number of likely N-dealkylation sites (tertiary alicyclic amines) is 1. The first-order valence-corrected chi connectivity index (χ1v) is 7.36. The monoisotopic (exact) mass is 261 g/mol. The lowest BCUT2D eigenvalue weighted by Crippen LogP contribution is -2.47. The van der Waals surface area contributed by atoms with Crippen LogP contribution in [-0.4, -0.2) is 59.8 Å². The van der Waals surface area contributed by atoms with Crippen LogP contribution in [0.5, 0.6) is 0 Å². The number of thioether (sulfide) groups is 1. The number of nitrogens with two attached hydrogens (primary N) is 1. The molecule has 0 bridgehead atoms. The average molecular weight is 261 g/mol. The van der Waals surface area contributed by atoms with E-state index in [-0.39, 0.29) is 12.6 Å². The van der Waals surface area contributed by atoms with Crippen molar-refractivity contribution >= 4 is 17.8 Å². The van der Waals surface area contributed by atoms with Crippen molar-refractivity contribution in [3.05, 3.63) is 0 Å². The normalized spacial score (nSPS) is 17.4. The Balaban J connectivity index is 1.97. The molecule has 1 aliphatic heterocycles. The van der Waals surface area contributed by atoms with E-state index in [1.54, 1.807) is 4.90 Å². The molecule has 0 aliphatic carbocycles. The number of primary amides is 1. The van der Waals surface area contributed by atoms with E-state index in [1.807, 2.05) is 11.8 Å². The molecule has 0 atom stereocenters. The van der Waals surface area contributed by atoms with Gasteiger partial charge >= 0.3 is 6.03 Å². The predicted octanol–water partition coefficient (Wildman–Crippen LogP) is 0.235. The van der Waals surface area contributed by atoms with E-state index >= 15 is 0 Å². The molecular weight excluding hydrogens is 238 g/mol. The minimum atomic E-state index is -0.303. The SMILES string of the molecule is NC(=O)N1CCC(NCCSCCCO)CC1. The maximum absolute atomic E-state index is 10.9. The third-order valence-electron chi connectivity index (χ3n) is 2.93. The van der Waals surface area contributed by atoms with Crippen molar-refractivity contribution < 1.29 is 9.90 Å². The molecule has 0 aromatic rings. The number of aliphatic hydroxyl groups excluding tert-OH is 1. The number of amides is 2. The first kappa shape index (κ1) is 14.6. The van der Waals surface area contributed by atoms with E-state index in [1.165, 1.54) is 0 Å². The van der Waals surface area contributed by atoms with Gasteiger partial charge in [0.1, 0.15) is 0 Å². The molecule has 100 valence electrons. The van der Waals surface area contributed by atoms with Crippen molar-refractivity contribution in [2.75, 3.05) is 37.7 Å². The quantitative estimate of drug-likeness (QED) is 0.573. The molecule has 0 spiro atoms. The predicted molar refractivity (Wildman–Crippen MR) is 71.2 cm³/mol. The van der Waals surface area contributed by atoms with Crippen LogP contribution in [0.4, 0.5) is 4.79 Å². The molecule has 0 saturated carbocycles. The molecule has 1 heterocycles. The van der Waals surface area contributed by atoms with Gasteiger partial charge < -0.3 is 21.1 Å². The average Bonchev–Trinajstić information content (AvgIpc) is 2.34. The second-order valence-electron chi connectivity index (χ2n) is 4.24. The van der Waals surface area contributed by atoms with Crippen LogP contribution in [0.1, 0.15) is 19.3 Å². The highest BCUT2D eigenvalue weighted by Gasteiger charge is 2.20. The number of nitrogens with one attached hydrogen (secondary N) is 1. The minimum absolute atomic E-state index is 0.284. The molecular formula is C11H23N3O2S. The van der Waals surface area contributed by atoms with Gasteiger partial charge in [-0.05, 0) is 25.0 Å².